The van der Waals surface area contributed by atoms with Gasteiger partial charge >= 0.3 is 0 Å². The zero-order valence-corrected chi connectivity index (χ0v) is 14.4. The largest absolute Gasteiger partial charge is 0.369 e. The van der Waals surface area contributed by atoms with E-state index in [0.717, 1.165) is 18.4 Å². The Kier molecular flexibility index (Phi) is 6.02. The molecule has 2 atom stereocenters. The van der Waals surface area contributed by atoms with Gasteiger partial charge in [-0.05, 0) is 44.5 Å². The number of nitrogens with two attached hydrogens (primary N) is 1. The fourth-order valence-electron chi connectivity index (χ4n) is 2.92. The van der Waals surface area contributed by atoms with E-state index in [1.165, 1.54) is 0 Å². The lowest BCUT2D eigenvalue weighted by molar-refractivity contribution is -0.139. The molecule has 1 aromatic carbocycles. The highest BCUT2D eigenvalue weighted by atomic mass is 35.5. The predicted octanol–water partition coefficient (Wildman–Crippen LogP) is 1.88. The monoisotopic (exact) mass is 337 g/mol. The first-order chi connectivity index (χ1) is 10.9. The molecule has 2 rings (SSSR count). The molecule has 1 aliphatic heterocycles. The van der Waals surface area contributed by atoms with Crippen molar-refractivity contribution in [3.8, 4) is 0 Å². The highest BCUT2D eigenvalue weighted by molar-refractivity contribution is 6.30. The maximum absolute atomic E-state index is 12.7. The van der Waals surface area contributed by atoms with Crippen LogP contribution in [0.5, 0.6) is 0 Å². The van der Waals surface area contributed by atoms with Crippen molar-refractivity contribution in [1.82, 2.24) is 9.80 Å². The van der Waals surface area contributed by atoms with E-state index in [2.05, 4.69) is 0 Å². The Morgan fingerprint density at radius 2 is 2.22 bits per heavy atom. The van der Waals surface area contributed by atoms with Crippen molar-refractivity contribution >= 4 is 23.4 Å². The van der Waals surface area contributed by atoms with Crippen LogP contribution in [-0.4, -0.2) is 47.8 Å². The molecule has 0 radical (unpaired) electrons. The number of amides is 2. The molecule has 0 saturated carbocycles. The number of hydrogen-bond donors (Lipinski definition) is 1. The van der Waals surface area contributed by atoms with E-state index in [9.17, 15) is 9.59 Å². The van der Waals surface area contributed by atoms with Crippen LogP contribution in [0.25, 0.3) is 0 Å². The molecule has 0 unspecified atom stereocenters. The summed E-state index contributed by atoms with van der Waals surface area (Å²) in [6, 6.07) is 7.36. The molecule has 1 aliphatic rings. The first-order valence-corrected chi connectivity index (χ1v) is 8.29. The highest BCUT2D eigenvalue weighted by Gasteiger charge is 2.30. The normalized spacial score (nSPS) is 19.7. The van der Waals surface area contributed by atoms with Crippen LogP contribution in [-0.2, 0) is 16.1 Å². The molecule has 1 saturated heterocycles. The zero-order valence-electron chi connectivity index (χ0n) is 13.7. The van der Waals surface area contributed by atoms with E-state index in [-0.39, 0.29) is 23.8 Å². The molecule has 1 fully saturated rings. The zero-order chi connectivity index (χ0) is 17.0. The Hall–Kier alpha value is -1.59. The van der Waals surface area contributed by atoms with E-state index < -0.39 is 0 Å². The Morgan fingerprint density at radius 3 is 2.87 bits per heavy atom. The van der Waals surface area contributed by atoms with Crippen molar-refractivity contribution in [2.75, 3.05) is 20.1 Å². The molecule has 1 heterocycles. The summed E-state index contributed by atoms with van der Waals surface area (Å²) in [5.41, 5.74) is 6.45. The lowest BCUT2D eigenvalue weighted by Gasteiger charge is -2.35. The molecule has 6 heteroatoms. The summed E-state index contributed by atoms with van der Waals surface area (Å²) in [6.45, 7) is 3.66. The minimum Gasteiger partial charge on any atom is -0.369 e. The van der Waals surface area contributed by atoms with Crippen molar-refractivity contribution in [3.63, 3.8) is 0 Å². The van der Waals surface area contributed by atoms with Gasteiger partial charge in [0.05, 0.1) is 12.0 Å². The summed E-state index contributed by atoms with van der Waals surface area (Å²) < 4.78 is 0. The van der Waals surface area contributed by atoms with Crippen molar-refractivity contribution in [2.45, 2.75) is 32.4 Å². The predicted molar refractivity (Wildman–Crippen MR) is 90.9 cm³/mol. The number of primary amides is 1. The topological polar surface area (TPSA) is 66.6 Å². The van der Waals surface area contributed by atoms with Gasteiger partial charge in [-0.15, -0.1) is 0 Å². The first-order valence-electron chi connectivity index (χ1n) is 7.91. The van der Waals surface area contributed by atoms with E-state index in [0.29, 0.717) is 24.7 Å². The summed E-state index contributed by atoms with van der Waals surface area (Å²) >= 11 is 6.00. The van der Waals surface area contributed by atoms with Gasteiger partial charge in [-0.2, -0.15) is 0 Å². The van der Waals surface area contributed by atoms with Crippen LogP contribution in [0.4, 0.5) is 0 Å². The van der Waals surface area contributed by atoms with Gasteiger partial charge in [0.25, 0.3) is 0 Å². The molecule has 2 amide bonds. The number of nitrogens with zero attached hydrogens (tertiary/aromatic N) is 2. The second kappa shape index (κ2) is 7.79. The Morgan fingerprint density at radius 1 is 1.48 bits per heavy atom. The molecule has 1 aromatic rings. The fraction of sp³-hybridized carbons (Fsp3) is 0.529. The van der Waals surface area contributed by atoms with Gasteiger partial charge in [0.15, 0.2) is 0 Å². The Balaban J connectivity index is 1.96. The van der Waals surface area contributed by atoms with Gasteiger partial charge in [-0.3, -0.25) is 14.5 Å². The summed E-state index contributed by atoms with van der Waals surface area (Å²) in [5.74, 6) is -0.499. The maximum atomic E-state index is 12.7. The molecule has 5 nitrogen and oxygen atoms in total. The van der Waals surface area contributed by atoms with Gasteiger partial charge in [0.1, 0.15) is 0 Å². The number of likely N-dealkylation sites (tertiary alicyclic amines) is 1. The van der Waals surface area contributed by atoms with Crippen LogP contribution in [0.2, 0.25) is 5.02 Å². The molecular formula is C17H24ClN3O2. The quantitative estimate of drug-likeness (QED) is 0.892. The van der Waals surface area contributed by atoms with Crippen LogP contribution in [0.1, 0.15) is 25.3 Å². The van der Waals surface area contributed by atoms with E-state index >= 15 is 0 Å². The third-order valence-corrected chi connectivity index (χ3v) is 4.71. The van der Waals surface area contributed by atoms with Gasteiger partial charge in [0, 0.05) is 24.7 Å². The SMILES string of the molecule is C[C@H](C(=O)N1CCC[C@H](C(N)=O)C1)N(C)Cc1cccc(Cl)c1. The molecule has 0 spiro atoms. The summed E-state index contributed by atoms with van der Waals surface area (Å²) in [7, 11) is 1.92. The van der Waals surface area contributed by atoms with Gasteiger partial charge in [0.2, 0.25) is 11.8 Å². The van der Waals surface area contributed by atoms with Gasteiger partial charge in [-0.1, -0.05) is 23.7 Å². The van der Waals surface area contributed by atoms with Crippen LogP contribution in [0.15, 0.2) is 24.3 Å². The average Bonchev–Trinajstić information content (AvgIpc) is 2.53. The minimum atomic E-state index is -0.317. The minimum absolute atomic E-state index is 0.0421. The second-order valence-corrected chi connectivity index (χ2v) is 6.68. The van der Waals surface area contributed by atoms with Crippen LogP contribution in [0.3, 0.4) is 0 Å². The first kappa shape index (κ1) is 17.8. The average molecular weight is 338 g/mol. The number of carbonyl (C=O) groups is 2. The van der Waals surface area contributed by atoms with Crippen LogP contribution >= 0.6 is 11.6 Å². The van der Waals surface area contributed by atoms with E-state index in [4.69, 9.17) is 17.3 Å². The molecule has 0 aliphatic carbocycles. The molecular weight excluding hydrogens is 314 g/mol. The van der Waals surface area contributed by atoms with Crippen molar-refractivity contribution in [3.05, 3.63) is 34.9 Å². The molecule has 2 N–H and O–H groups in total. The summed E-state index contributed by atoms with van der Waals surface area (Å²) in [4.78, 5) is 27.8. The summed E-state index contributed by atoms with van der Waals surface area (Å²) in [6.07, 6.45) is 1.59. The fourth-order valence-corrected chi connectivity index (χ4v) is 3.14. The van der Waals surface area contributed by atoms with Gasteiger partial charge < -0.3 is 10.6 Å². The maximum Gasteiger partial charge on any atom is 0.239 e. The number of benzene rings is 1. The number of carbonyl (C=O) groups excluding carboxylic acids is 2. The summed E-state index contributed by atoms with van der Waals surface area (Å²) in [5, 5.41) is 0.690. The molecule has 0 aromatic heterocycles. The van der Waals surface area contributed by atoms with E-state index in [1.54, 1.807) is 4.90 Å². The number of rotatable bonds is 5. The Bertz CT molecular complexity index is 579. The van der Waals surface area contributed by atoms with Crippen molar-refractivity contribution in [1.29, 1.82) is 0 Å². The lowest BCUT2D eigenvalue weighted by atomic mass is 9.97. The second-order valence-electron chi connectivity index (χ2n) is 6.25. The molecule has 23 heavy (non-hydrogen) atoms. The lowest BCUT2D eigenvalue weighted by Crippen LogP contribution is -2.50. The van der Waals surface area contributed by atoms with Gasteiger partial charge in [-0.25, -0.2) is 0 Å². The van der Waals surface area contributed by atoms with E-state index in [1.807, 2.05) is 43.1 Å². The standard InChI is InChI=1S/C17H24ClN3O2/c1-12(20(2)10-13-5-3-7-15(18)9-13)17(23)21-8-4-6-14(11-21)16(19)22/h3,5,7,9,12,14H,4,6,8,10-11H2,1-2H3,(H2,19,22)/t12-,14+/m1/s1. The Labute approximate surface area is 142 Å². The van der Waals surface area contributed by atoms with Crippen LogP contribution < -0.4 is 5.73 Å². The highest BCUT2D eigenvalue weighted by Crippen LogP contribution is 2.19. The van der Waals surface area contributed by atoms with Crippen molar-refractivity contribution in [2.24, 2.45) is 11.7 Å². The smallest absolute Gasteiger partial charge is 0.239 e. The number of likely N-dealkylation sites (N-methyl/N-ethyl adjacent to an activating group) is 1. The number of piperidine rings is 1. The molecule has 126 valence electrons. The third-order valence-electron chi connectivity index (χ3n) is 4.47. The number of hydrogen-bond acceptors (Lipinski definition) is 3. The third kappa shape index (κ3) is 4.69. The van der Waals surface area contributed by atoms with Crippen molar-refractivity contribution < 1.29 is 9.59 Å². The molecule has 0 bridgehead atoms. The van der Waals surface area contributed by atoms with Crippen LogP contribution in [0, 0.1) is 5.92 Å². The number of halogens is 1.